The van der Waals surface area contributed by atoms with Gasteiger partial charge in [0.1, 0.15) is 18.2 Å². The van der Waals surface area contributed by atoms with Crippen molar-refractivity contribution in [3.8, 4) is 11.3 Å². The van der Waals surface area contributed by atoms with Crippen LogP contribution >= 0.6 is 0 Å². The monoisotopic (exact) mass is 342 g/mol. The van der Waals surface area contributed by atoms with Crippen molar-refractivity contribution < 1.29 is 13.1 Å². The molecule has 2 heterocycles. The van der Waals surface area contributed by atoms with E-state index in [9.17, 15) is 0 Å². The van der Waals surface area contributed by atoms with Gasteiger partial charge in [-0.3, -0.25) is 4.98 Å². The zero-order valence-corrected chi connectivity index (χ0v) is 14.6. The average molecular weight is 342 g/mol. The van der Waals surface area contributed by atoms with E-state index in [1.807, 2.05) is 61.1 Å². The highest BCUT2D eigenvalue weighted by Crippen LogP contribution is 2.41. The van der Waals surface area contributed by atoms with Gasteiger partial charge in [-0.15, -0.1) is 0 Å². The van der Waals surface area contributed by atoms with Gasteiger partial charge in [0, 0.05) is 14.9 Å². The molecule has 5 aromatic rings. The highest BCUT2D eigenvalue weighted by atomic mass is 16.3. The van der Waals surface area contributed by atoms with E-state index in [0.29, 0.717) is 22.1 Å². The van der Waals surface area contributed by atoms with Gasteiger partial charge in [0.15, 0.2) is 6.20 Å². The quantitative estimate of drug-likeness (QED) is 0.390. The summed E-state index contributed by atoms with van der Waals surface area (Å²) in [6.45, 7) is -0.339. The molecule has 126 valence electrons. The SMILES string of the molecule is [2H]C([2H])([2H])c1cc(C)c(-c2cncc[n+]2C)c2oc3ccc4ccccc4c3c12. The largest absolute Gasteiger partial charge is 0.455 e. The predicted octanol–water partition coefficient (Wildman–Crippen LogP) is 5.24. The smallest absolute Gasteiger partial charge is 0.234 e. The van der Waals surface area contributed by atoms with Crippen LogP contribution in [-0.4, -0.2) is 4.98 Å². The Morgan fingerprint density at radius 1 is 1.08 bits per heavy atom. The first-order valence-corrected chi connectivity index (χ1v) is 8.54. The molecule has 5 rings (SSSR count). The second-order valence-electron chi connectivity index (χ2n) is 6.65. The second-order valence-corrected chi connectivity index (χ2v) is 6.65. The van der Waals surface area contributed by atoms with Gasteiger partial charge in [0.05, 0.1) is 18.0 Å². The van der Waals surface area contributed by atoms with Crippen LogP contribution in [0.25, 0.3) is 44.0 Å². The fraction of sp³-hybridized carbons (Fsp3) is 0.130. The van der Waals surface area contributed by atoms with E-state index in [4.69, 9.17) is 8.53 Å². The molecule has 0 amide bonds. The normalized spacial score (nSPS) is 13.8. The van der Waals surface area contributed by atoms with Crippen LogP contribution < -0.4 is 4.57 Å². The molecule has 0 saturated heterocycles. The van der Waals surface area contributed by atoms with Gasteiger partial charge >= 0.3 is 0 Å². The van der Waals surface area contributed by atoms with Crippen molar-refractivity contribution in [3.05, 3.63) is 72.2 Å². The average Bonchev–Trinajstić information content (AvgIpc) is 3.07. The van der Waals surface area contributed by atoms with E-state index in [1.165, 1.54) is 0 Å². The number of fused-ring (bicyclic) bond motifs is 5. The van der Waals surface area contributed by atoms with Crippen LogP contribution in [0.2, 0.25) is 0 Å². The Balaban J connectivity index is 2.06. The van der Waals surface area contributed by atoms with Gasteiger partial charge in [-0.05, 0) is 41.7 Å². The zero-order valence-electron chi connectivity index (χ0n) is 17.6. The van der Waals surface area contributed by atoms with Crippen molar-refractivity contribution in [2.24, 2.45) is 7.05 Å². The van der Waals surface area contributed by atoms with E-state index < -0.39 is 6.85 Å². The summed E-state index contributed by atoms with van der Waals surface area (Å²) in [5.74, 6) is 0. The summed E-state index contributed by atoms with van der Waals surface area (Å²) in [6, 6.07) is 13.7. The summed E-state index contributed by atoms with van der Waals surface area (Å²) in [5, 5.41) is 3.53. The zero-order chi connectivity index (χ0) is 20.3. The summed E-state index contributed by atoms with van der Waals surface area (Å²) < 4.78 is 32.8. The summed E-state index contributed by atoms with van der Waals surface area (Å²) in [4.78, 5) is 4.27. The molecule has 3 nitrogen and oxygen atoms in total. The number of rotatable bonds is 1. The maximum absolute atomic E-state index is 8.17. The molecule has 0 radical (unpaired) electrons. The van der Waals surface area contributed by atoms with Crippen LogP contribution in [0.5, 0.6) is 0 Å². The van der Waals surface area contributed by atoms with Gasteiger partial charge in [0.25, 0.3) is 0 Å². The Morgan fingerprint density at radius 3 is 2.81 bits per heavy atom. The minimum Gasteiger partial charge on any atom is -0.455 e. The van der Waals surface area contributed by atoms with Crippen molar-refractivity contribution >= 4 is 32.7 Å². The first-order valence-electron chi connectivity index (χ1n) is 10.0. The number of benzene rings is 3. The van der Waals surface area contributed by atoms with E-state index >= 15 is 0 Å². The molecule has 2 aromatic heterocycles. The molecule has 0 saturated carbocycles. The molecule has 0 aliphatic carbocycles. The molecule has 0 aliphatic heterocycles. The van der Waals surface area contributed by atoms with Gasteiger partial charge in [-0.25, -0.2) is 0 Å². The predicted molar refractivity (Wildman–Crippen MR) is 105 cm³/mol. The molecule has 0 fully saturated rings. The fourth-order valence-electron chi connectivity index (χ4n) is 3.82. The molecule has 0 bridgehead atoms. The Labute approximate surface area is 155 Å². The highest BCUT2D eigenvalue weighted by molar-refractivity contribution is 6.21. The summed E-state index contributed by atoms with van der Waals surface area (Å²) >= 11 is 0. The molecule has 3 heteroatoms. The van der Waals surface area contributed by atoms with Gasteiger partial charge in [-0.1, -0.05) is 36.4 Å². The molecule has 0 N–H and O–H groups in total. The van der Waals surface area contributed by atoms with Crippen LogP contribution in [0.3, 0.4) is 0 Å². The lowest BCUT2D eigenvalue weighted by Crippen LogP contribution is -2.30. The minimum atomic E-state index is -2.26. The standard InChI is InChI=1S/C23H19N2O/c1-14-12-15(2)21-22-17-7-5-4-6-16(17)8-9-19(22)26-23(21)20(14)18-13-24-10-11-25(18)3/h4-13H,1-3H3/q+1/i2D3. The van der Waals surface area contributed by atoms with Crippen molar-refractivity contribution in [2.45, 2.75) is 13.8 Å². The van der Waals surface area contributed by atoms with Crippen molar-refractivity contribution in [1.82, 2.24) is 4.98 Å². The van der Waals surface area contributed by atoms with E-state index in [0.717, 1.165) is 33.0 Å². The molecule has 0 atom stereocenters. The van der Waals surface area contributed by atoms with Crippen molar-refractivity contribution in [1.29, 1.82) is 0 Å². The maximum atomic E-state index is 8.17. The third-order valence-electron chi connectivity index (χ3n) is 5.04. The molecular weight excluding hydrogens is 320 g/mol. The summed E-state index contributed by atoms with van der Waals surface area (Å²) in [6.07, 6.45) is 5.37. The molecule has 0 aliphatic rings. The lowest BCUT2D eigenvalue weighted by molar-refractivity contribution is -0.660. The number of nitrogens with zero attached hydrogens (tertiary/aromatic N) is 2. The van der Waals surface area contributed by atoms with Crippen molar-refractivity contribution in [3.63, 3.8) is 0 Å². The van der Waals surface area contributed by atoms with Gasteiger partial charge in [0.2, 0.25) is 5.69 Å². The first kappa shape index (κ1) is 12.2. The fourth-order valence-corrected chi connectivity index (χ4v) is 3.82. The van der Waals surface area contributed by atoms with Crippen LogP contribution in [0.4, 0.5) is 0 Å². The number of aromatic nitrogens is 2. The molecule has 0 unspecified atom stereocenters. The Kier molecular flexibility index (Phi) is 2.53. The first-order chi connectivity index (χ1) is 13.9. The highest BCUT2D eigenvalue weighted by Gasteiger charge is 2.22. The number of hydrogen-bond acceptors (Lipinski definition) is 2. The van der Waals surface area contributed by atoms with Gasteiger partial charge in [-0.2, -0.15) is 4.57 Å². The Bertz CT molecular complexity index is 1420. The van der Waals surface area contributed by atoms with Crippen LogP contribution in [0.1, 0.15) is 15.2 Å². The van der Waals surface area contributed by atoms with Crippen molar-refractivity contribution in [2.75, 3.05) is 0 Å². The van der Waals surface area contributed by atoms with E-state index in [1.54, 1.807) is 18.5 Å². The third kappa shape index (κ3) is 2.00. The summed E-state index contributed by atoms with van der Waals surface area (Å²) in [7, 11) is 1.94. The molecule has 3 aromatic carbocycles. The van der Waals surface area contributed by atoms with E-state index in [-0.39, 0.29) is 0 Å². The van der Waals surface area contributed by atoms with Gasteiger partial charge < -0.3 is 4.42 Å². The van der Waals surface area contributed by atoms with E-state index in [2.05, 4.69) is 4.98 Å². The summed E-state index contributed by atoms with van der Waals surface area (Å²) in [5.41, 5.74) is 4.17. The lowest BCUT2D eigenvalue weighted by Gasteiger charge is -2.07. The Hall–Kier alpha value is -3.20. The maximum Gasteiger partial charge on any atom is 0.234 e. The number of hydrogen-bond donors (Lipinski definition) is 0. The molecular formula is C23H19N2O+. The van der Waals surface area contributed by atoms with Crippen LogP contribution in [-0.2, 0) is 7.05 Å². The lowest BCUT2D eigenvalue weighted by atomic mass is 9.95. The number of aryl methyl sites for hydroxylation is 3. The second kappa shape index (κ2) is 5.40. The Morgan fingerprint density at radius 2 is 1.96 bits per heavy atom. The number of furan rings is 1. The topological polar surface area (TPSA) is 29.9 Å². The third-order valence-corrected chi connectivity index (χ3v) is 5.04. The molecule has 0 spiro atoms. The molecule has 26 heavy (non-hydrogen) atoms. The van der Waals surface area contributed by atoms with Crippen LogP contribution in [0.15, 0.2) is 65.5 Å². The van der Waals surface area contributed by atoms with Crippen LogP contribution in [0, 0.1) is 13.8 Å². The minimum absolute atomic E-state index is 0.315.